The largest absolute Gasteiger partial charge is 0.337 e. The van der Waals surface area contributed by atoms with Crippen LogP contribution in [-0.2, 0) is 0 Å². The first-order chi connectivity index (χ1) is 10.7. The maximum absolute atomic E-state index is 12.9. The molecule has 116 valence electrons. The minimum absolute atomic E-state index is 0.0605. The highest BCUT2D eigenvalue weighted by molar-refractivity contribution is 7.71. The van der Waals surface area contributed by atoms with Crippen molar-refractivity contribution in [2.45, 2.75) is 26.2 Å². The molecule has 0 bridgehead atoms. The van der Waals surface area contributed by atoms with E-state index in [4.69, 9.17) is 12.2 Å². The topological polar surface area (TPSA) is 41.0 Å². The fraction of sp³-hybridized carbons (Fsp3) is 0.412. The second-order valence-electron chi connectivity index (χ2n) is 5.98. The highest BCUT2D eigenvalue weighted by atomic mass is 32.1. The molecular formula is C17H21N3OS. The molecule has 4 nitrogen and oxygen atoms in total. The number of H-pyrrole nitrogens is 1. The van der Waals surface area contributed by atoms with Crippen molar-refractivity contribution >= 4 is 18.1 Å². The van der Waals surface area contributed by atoms with Crippen LogP contribution in [-0.4, -0.2) is 33.4 Å². The molecule has 1 amide bonds. The van der Waals surface area contributed by atoms with Crippen LogP contribution in [0, 0.1) is 10.7 Å². The van der Waals surface area contributed by atoms with Crippen molar-refractivity contribution in [2.24, 2.45) is 5.92 Å². The zero-order chi connectivity index (χ0) is 15.5. The second kappa shape index (κ2) is 6.48. The summed E-state index contributed by atoms with van der Waals surface area (Å²) in [7, 11) is 0. The van der Waals surface area contributed by atoms with Gasteiger partial charge in [-0.05, 0) is 49.5 Å². The van der Waals surface area contributed by atoms with Gasteiger partial charge >= 0.3 is 0 Å². The Labute approximate surface area is 135 Å². The number of hydrogen-bond donors (Lipinski definition) is 1. The van der Waals surface area contributed by atoms with Crippen molar-refractivity contribution in [3.63, 3.8) is 0 Å². The molecular weight excluding hydrogens is 294 g/mol. The van der Waals surface area contributed by atoms with Gasteiger partial charge in [-0.2, -0.15) is 0 Å². The standard InChI is InChI=1S/C17H21N3OS/c1-13-6-5-10-19(11-9-13)16(21)15-12-18-17(22)20(15)14-7-3-2-4-8-14/h2-4,7-8,12-13H,5-6,9-11H2,1H3,(H,18,22). The maximum Gasteiger partial charge on any atom is 0.272 e. The zero-order valence-electron chi connectivity index (χ0n) is 12.8. The molecule has 0 spiro atoms. The van der Waals surface area contributed by atoms with Crippen molar-refractivity contribution in [1.82, 2.24) is 14.5 Å². The third kappa shape index (κ3) is 2.99. The van der Waals surface area contributed by atoms with Gasteiger partial charge in [-0.1, -0.05) is 25.1 Å². The first kappa shape index (κ1) is 15.0. The molecule has 2 heterocycles. The lowest BCUT2D eigenvalue weighted by Crippen LogP contribution is -2.33. The van der Waals surface area contributed by atoms with Crippen LogP contribution >= 0.6 is 12.2 Å². The van der Waals surface area contributed by atoms with Crippen molar-refractivity contribution in [2.75, 3.05) is 13.1 Å². The second-order valence-corrected chi connectivity index (χ2v) is 6.37. The summed E-state index contributed by atoms with van der Waals surface area (Å²) < 4.78 is 2.38. The van der Waals surface area contributed by atoms with Gasteiger partial charge in [0.15, 0.2) is 4.77 Å². The van der Waals surface area contributed by atoms with E-state index in [2.05, 4.69) is 11.9 Å². The van der Waals surface area contributed by atoms with Gasteiger partial charge in [0.25, 0.3) is 5.91 Å². The Bertz CT molecular complexity index is 704. The van der Waals surface area contributed by atoms with Crippen molar-refractivity contribution in [3.05, 3.63) is 47.0 Å². The average Bonchev–Trinajstić information content (AvgIpc) is 2.78. The SMILES string of the molecule is CC1CCCN(C(=O)c2c[nH]c(=S)n2-c2ccccc2)CC1. The highest BCUT2D eigenvalue weighted by Crippen LogP contribution is 2.20. The number of carbonyl (C=O) groups is 1. The van der Waals surface area contributed by atoms with Crippen LogP contribution in [0.25, 0.3) is 5.69 Å². The molecule has 1 fully saturated rings. The van der Waals surface area contributed by atoms with Crippen LogP contribution in [0.3, 0.4) is 0 Å². The summed E-state index contributed by atoms with van der Waals surface area (Å²) in [5.41, 5.74) is 1.53. The monoisotopic (exact) mass is 315 g/mol. The van der Waals surface area contributed by atoms with Crippen LogP contribution in [0.4, 0.5) is 0 Å². The molecule has 1 atom stereocenters. The minimum Gasteiger partial charge on any atom is -0.337 e. The van der Waals surface area contributed by atoms with E-state index in [-0.39, 0.29) is 5.91 Å². The summed E-state index contributed by atoms with van der Waals surface area (Å²) in [5.74, 6) is 0.755. The van der Waals surface area contributed by atoms with Gasteiger partial charge in [0.05, 0.1) is 0 Å². The van der Waals surface area contributed by atoms with Gasteiger partial charge < -0.3 is 9.88 Å². The van der Waals surface area contributed by atoms with E-state index in [0.717, 1.165) is 31.6 Å². The summed E-state index contributed by atoms with van der Waals surface area (Å²) >= 11 is 5.36. The van der Waals surface area contributed by atoms with Gasteiger partial charge in [0, 0.05) is 25.0 Å². The zero-order valence-corrected chi connectivity index (χ0v) is 13.6. The first-order valence-corrected chi connectivity index (χ1v) is 8.23. The number of likely N-dealkylation sites (tertiary alicyclic amines) is 1. The molecule has 1 unspecified atom stereocenters. The van der Waals surface area contributed by atoms with E-state index >= 15 is 0 Å². The lowest BCUT2D eigenvalue weighted by atomic mass is 10.0. The number of aromatic amines is 1. The van der Waals surface area contributed by atoms with E-state index < -0.39 is 0 Å². The third-order valence-corrected chi connectivity index (χ3v) is 4.61. The molecule has 0 radical (unpaired) electrons. The van der Waals surface area contributed by atoms with Crippen molar-refractivity contribution in [1.29, 1.82) is 0 Å². The Kier molecular flexibility index (Phi) is 4.43. The summed E-state index contributed by atoms with van der Waals surface area (Å²) in [6, 6.07) is 9.78. The summed E-state index contributed by atoms with van der Waals surface area (Å²) in [5, 5.41) is 0. The molecule has 22 heavy (non-hydrogen) atoms. The summed E-state index contributed by atoms with van der Waals surface area (Å²) in [4.78, 5) is 17.9. The van der Waals surface area contributed by atoms with E-state index in [1.54, 1.807) is 6.20 Å². The molecule has 0 saturated carbocycles. The average molecular weight is 315 g/mol. The Morgan fingerprint density at radius 2 is 2.00 bits per heavy atom. The lowest BCUT2D eigenvalue weighted by Gasteiger charge is -2.21. The molecule has 1 aromatic carbocycles. The van der Waals surface area contributed by atoms with Gasteiger partial charge in [0.1, 0.15) is 5.69 Å². The predicted molar refractivity (Wildman–Crippen MR) is 89.9 cm³/mol. The van der Waals surface area contributed by atoms with E-state index in [9.17, 15) is 4.79 Å². The van der Waals surface area contributed by atoms with Crippen molar-refractivity contribution < 1.29 is 4.79 Å². The molecule has 5 heteroatoms. The number of aromatic nitrogens is 2. The Morgan fingerprint density at radius 1 is 1.23 bits per heavy atom. The predicted octanol–water partition coefficient (Wildman–Crippen LogP) is 3.80. The Balaban J connectivity index is 1.92. The van der Waals surface area contributed by atoms with Crippen LogP contribution < -0.4 is 0 Å². The molecule has 1 N–H and O–H groups in total. The number of nitrogens with one attached hydrogen (secondary N) is 1. The van der Waals surface area contributed by atoms with Gasteiger partial charge in [-0.3, -0.25) is 9.36 Å². The van der Waals surface area contributed by atoms with Gasteiger partial charge in [-0.25, -0.2) is 0 Å². The number of imidazole rings is 1. The van der Waals surface area contributed by atoms with E-state index in [1.807, 2.05) is 39.8 Å². The first-order valence-electron chi connectivity index (χ1n) is 7.82. The van der Waals surface area contributed by atoms with E-state index in [1.165, 1.54) is 6.42 Å². The quantitative estimate of drug-likeness (QED) is 0.857. The van der Waals surface area contributed by atoms with Crippen LogP contribution in [0.15, 0.2) is 36.5 Å². The molecule has 1 aromatic heterocycles. The smallest absolute Gasteiger partial charge is 0.272 e. The molecule has 3 rings (SSSR count). The summed E-state index contributed by atoms with van der Waals surface area (Å²) in [6.45, 7) is 3.92. The Hall–Kier alpha value is -1.88. The fourth-order valence-electron chi connectivity index (χ4n) is 2.99. The number of carbonyl (C=O) groups excluding carboxylic acids is 1. The van der Waals surface area contributed by atoms with Gasteiger partial charge in [0.2, 0.25) is 0 Å². The number of rotatable bonds is 2. The third-order valence-electron chi connectivity index (χ3n) is 4.31. The molecule has 0 aliphatic carbocycles. The number of benzene rings is 1. The number of nitrogens with zero attached hydrogens (tertiary/aromatic N) is 2. The van der Waals surface area contributed by atoms with Crippen LogP contribution in [0.5, 0.6) is 0 Å². The van der Waals surface area contributed by atoms with Crippen LogP contribution in [0.1, 0.15) is 36.7 Å². The number of amides is 1. The molecule has 1 aliphatic rings. The summed E-state index contributed by atoms with van der Waals surface area (Å²) in [6.07, 6.45) is 5.07. The normalized spacial score (nSPS) is 19.0. The van der Waals surface area contributed by atoms with Crippen molar-refractivity contribution in [3.8, 4) is 5.69 Å². The van der Waals surface area contributed by atoms with E-state index in [0.29, 0.717) is 16.4 Å². The lowest BCUT2D eigenvalue weighted by molar-refractivity contribution is 0.0752. The number of hydrogen-bond acceptors (Lipinski definition) is 2. The minimum atomic E-state index is 0.0605. The fourth-order valence-corrected chi connectivity index (χ4v) is 3.25. The highest BCUT2D eigenvalue weighted by Gasteiger charge is 2.23. The van der Waals surface area contributed by atoms with Crippen LogP contribution in [0.2, 0.25) is 0 Å². The molecule has 1 saturated heterocycles. The molecule has 2 aromatic rings. The maximum atomic E-state index is 12.9. The van der Waals surface area contributed by atoms with Gasteiger partial charge in [-0.15, -0.1) is 0 Å². The Morgan fingerprint density at radius 3 is 2.77 bits per heavy atom. The number of para-hydroxylation sites is 1. The molecule has 1 aliphatic heterocycles.